The smallest absolute Gasteiger partial charge is 0.293 e. The first-order valence-electron chi connectivity index (χ1n) is 7.93. The third kappa shape index (κ3) is 3.82. The number of nitro benzene ring substituents is 1. The quantitative estimate of drug-likeness (QED) is 0.481. The molecule has 132 valence electrons. The van der Waals surface area contributed by atoms with E-state index in [1.165, 1.54) is 13.0 Å². The van der Waals surface area contributed by atoms with E-state index < -0.39 is 4.92 Å². The highest BCUT2D eigenvalue weighted by Crippen LogP contribution is 2.32. The van der Waals surface area contributed by atoms with Gasteiger partial charge in [0.2, 0.25) is 0 Å². The molecule has 1 saturated heterocycles. The average Bonchev–Trinajstić information content (AvgIpc) is 3.21. The minimum absolute atomic E-state index is 0.121. The number of hydrogen-bond acceptors (Lipinski definition) is 8. The molecule has 1 aromatic heterocycles. The summed E-state index contributed by atoms with van der Waals surface area (Å²) in [4.78, 5) is 26.3. The first-order valence-corrected chi connectivity index (χ1v) is 7.93. The van der Waals surface area contributed by atoms with Gasteiger partial charge in [0.05, 0.1) is 11.0 Å². The summed E-state index contributed by atoms with van der Waals surface area (Å²) in [5.74, 6) is 0.796. The lowest BCUT2D eigenvalue weighted by atomic mass is 10.1. The molecule has 2 aromatic rings. The van der Waals surface area contributed by atoms with Crippen molar-refractivity contribution in [1.82, 2.24) is 10.1 Å². The monoisotopic (exact) mass is 346 g/mol. The number of ether oxygens (including phenoxy) is 1. The third-order valence-corrected chi connectivity index (χ3v) is 4.05. The van der Waals surface area contributed by atoms with Gasteiger partial charge in [-0.05, 0) is 38.8 Å². The Balaban J connectivity index is 1.64. The van der Waals surface area contributed by atoms with Gasteiger partial charge in [-0.25, -0.2) is 0 Å². The summed E-state index contributed by atoms with van der Waals surface area (Å²) in [7, 11) is 0. The molecule has 9 heteroatoms. The van der Waals surface area contributed by atoms with Crippen molar-refractivity contribution in [3.63, 3.8) is 0 Å². The minimum atomic E-state index is -0.506. The summed E-state index contributed by atoms with van der Waals surface area (Å²) >= 11 is 0. The molecule has 0 amide bonds. The van der Waals surface area contributed by atoms with Gasteiger partial charge in [0, 0.05) is 18.2 Å². The number of Topliss-reactive ketones (excluding diaryl/α,β-unsaturated/α-hetero) is 1. The summed E-state index contributed by atoms with van der Waals surface area (Å²) in [6.07, 6.45) is 1.16. The molecule has 1 aromatic carbocycles. The number of ketones is 1. The molecular weight excluding hydrogens is 328 g/mol. The Bertz CT molecular complexity index is 804. The van der Waals surface area contributed by atoms with Gasteiger partial charge in [0.25, 0.3) is 11.6 Å². The fourth-order valence-electron chi connectivity index (χ4n) is 2.76. The first kappa shape index (κ1) is 17.0. The van der Waals surface area contributed by atoms with Gasteiger partial charge in [0.1, 0.15) is 11.8 Å². The number of carbonyl (C=O) groups is 1. The maximum atomic E-state index is 11.4. The highest BCUT2D eigenvalue weighted by atomic mass is 16.6. The molecule has 3 rings (SSSR count). The van der Waals surface area contributed by atoms with Crippen molar-refractivity contribution in [3.8, 4) is 0 Å². The molecule has 25 heavy (non-hydrogen) atoms. The summed E-state index contributed by atoms with van der Waals surface area (Å²) in [6.45, 7) is 3.52. The normalized spacial score (nSPS) is 19.8. The number of anilines is 1. The lowest BCUT2D eigenvalue weighted by Crippen LogP contribution is -2.19. The van der Waals surface area contributed by atoms with Gasteiger partial charge in [-0.1, -0.05) is 5.16 Å². The van der Waals surface area contributed by atoms with Crippen LogP contribution in [0, 0.1) is 17.0 Å². The molecule has 9 nitrogen and oxygen atoms in total. The Morgan fingerprint density at radius 3 is 2.88 bits per heavy atom. The molecule has 0 spiro atoms. The number of aryl methyl sites for hydroxylation is 1. The second-order valence-electron chi connectivity index (χ2n) is 5.93. The maximum absolute atomic E-state index is 11.4. The Kier molecular flexibility index (Phi) is 4.75. The fraction of sp³-hybridized carbons (Fsp3) is 0.438. The van der Waals surface area contributed by atoms with Crippen LogP contribution in [0.25, 0.3) is 0 Å². The van der Waals surface area contributed by atoms with Crippen LogP contribution in [0.1, 0.15) is 47.9 Å². The molecule has 1 N–H and O–H groups in total. The van der Waals surface area contributed by atoms with E-state index in [4.69, 9.17) is 9.26 Å². The topological polar surface area (TPSA) is 120 Å². The molecular formula is C16H18N4O5. The second kappa shape index (κ2) is 6.98. The molecule has 1 fully saturated rings. The Hall–Kier alpha value is -2.81. The number of carbonyl (C=O) groups excluding carboxylic acids is 1. The Morgan fingerprint density at radius 2 is 2.24 bits per heavy atom. The number of benzene rings is 1. The molecule has 1 aliphatic rings. The zero-order valence-corrected chi connectivity index (χ0v) is 13.9. The van der Waals surface area contributed by atoms with Gasteiger partial charge in [-0.15, -0.1) is 0 Å². The van der Waals surface area contributed by atoms with E-state index in [1.807, 2.05) is 0 Å². The number of nitro groups is 1. The van der Waals surface area contributed by atoms with Crippen LogP contribution < -0.4 is 5.32 Å². The fourth-order valence-corrected chi connectivity index (χ4v) is 2.76. The predicted octanol–water partition coefficient (Wildman–Crippen LogP) is 2.82. The number of hydrogen-bond donors (Lipinski definition) is 1. The second-order valence-corrected chi connectivity index (χ2v) is 5.93. The van der Waals surface area contributed by atoms with Crippen molar-refractivity contribution < 1.29 is 19.0 Å². The molecule has 2 atom stereocenters. The zero-order valence-electron chi connectivity index (χ0n) is 13.9. The predicted molar refractivity (Wildman–Crippen MR) is 87.5 cm³/mol. The molecule has 0 unspecified atom stereocenters. The van der Waals surface area contributed by atoms with Crippen LogP contribution in [0.15, 0.2) is 22.7 Å². The zero-order chi connectivity index (χ0) is 18.0. The van der Waals surface area contributed by atoms with E-state index in [-0.39, 0.29) is 23.7 Å². The summed E-state index contributed by atoms with van der Waals surface area (Å²) < 4.78 is 11.0. The molecule has 0 saturated carbocycles. The van der Waals surface area contributed by atoms with Gasteiger partial charge < -0.3 is 14.6 Å². The standard InChI is InChI=1S/C16H18N4O5/c1-9(21)11-3-5-13(14(7-11)20(22)23)17-8-12-4-6-15(24-12)16-18-10(2)19-25-16/h3,5,7,12,15,17H,4,6,8H2,1-2H3/t12-,15+/m1/s1. The lowest BCUT2D eigenvalue weighted by molar-refractivity contribution is -0.384. The molecule has 0 radical (unpaired) electrons. The number of aromatic nitrogens is 2. The van der Waals surface area contributed by atoms with Crippen molar-refractivity contribution >= 4 is 17.2 Å². The number of nitrogens with one attached hydrogen (secondary N) is 1. The number of rotatable bonds is 6. The summed E-state index contributed by atoms with van der Waals surface area (Å²) in [6, 6.07) is 4.39. The van der Waals surface area contributed by atoms with Crippen LogP contribution in [0.2, 0.25) is 0 Å². The molecule has 1 aliphatic heterocycles. The first-order chi connectivity index (χ1) is 11.9. The van der Waals surface area contributed by atoms with Crippen LogP contribution in [0.5, 0.6) is 0 Å². The van der Waals surface area contributed by atoms with Crippen molar-refractivity contribution in [2.75, 3.05) is 11.9 Å². The van der Waals surface area contributed by atoms with E-state index in [1.54, 1.807) is 19.1 Å². The van der Waals surface area contributed by atoms with Crippen LogP contribution in [-0.2, 0) is 4.74 Å². The Morgan fingerprint density at radius 1 is 1.44 bits per heavy atom. The average molecular weight is 346 g/mol. The maximum Gasteiger partial charge on any atom is 0.293 e. The van der Waals surface area contributed by atoms with E-state index in [9.17, 15) is 14.9 Å². The van der Waals surface area contributed by atoms with Gasteiger partial charge in [-0.3, -0.25) is 14.9 Å². The van der Waals surface area contributed by atoms with Crippen molar-refractivity contribution in [2.24, 2.45) is 0 Å². The van der Waals surface area contributed by atoms with E-state index in [0.717, 1.165) is 12.8 Å². The minimum Gasteiger partial charge on any atom is -0.377 e. The van der Waals surface area contributed by atoms with Gasteiger partial charge in [-0.2, -0.15) is 4.98 Å². The SMILES string of the molecule is CC(=O)c1ccc(NC[C@H]2CC[C@@H](c3nc(C)no3)O2)c([N+](=O)[O-])c1. The van der Waals surface area contributed by atoms with Crippen molar-refractivity contribution in [3.05, 3.63) is 45.6 Å². The molecule has 0 bridgehead atoms. The van der Waals surface area contributed by atoms with E-state index in [2.05, 4.69) is 15.5 Å². The van der Waals surface area contributed by atoms with E-state index >= 15 is 0 Å². The molecule has 2 heterocycles. The third-order valence-electron chi connectivity index (χ3n) is 4.05. The van der Waals surface area contributed by atoms with Crippen LogP contribution in [0.3, 0.4) is 0 Å². The van der Waals surface area contributed by atoms with Gasteiger partial charge >= 0.3 is 0 Å². The summed E-state index contributed by atoms with van der Waals surface area (Å²) in [5, 5.41) is 18.0. The highest BCUT2D eigenvalue weighted by Gasteiger charge is 2.30. The lowest BCUT2D eigenvalue weighted by Gasteiger charge is -2.13. The largest absolute Gasteiger partial charge is 0.377 e. The van der Waals surface area contributed by atoms with Gasteiger partial charge in [0.15, 0.2) is 11.6 Å². The van der Waals surface area contributed by atoms with Crippen LogP contribution >= 0.6 is 0 Å². The van der Waals surface area contributed by atoms with E-state index in [0.29, 0.717) is 29.5 Å². The van der Waals surface area contributed by atoms with Crippen LogP contribution in [0.4, 0.5) is 11.4 Å². The summed E-state index contributed by atoms with van der Waals surface area (Å²) in [5.41, 5.74) is 0.534. The molecule has 0 aliphatic carbocycles. The Labute approximate surface area is 143 Å². The number of nitrogens with zero attached hydrogens (tertiary/aromatic N) is 3. The highest BCUT2D eigenvalue weighted by molar-refractivity contribution is 5.95. The van der Waals surface area contributed by atoms with Crippen molar-refractivity contribution in [2.45, 2.75) is 38.9 Å². The van der Waals surface area contributed by atoms with Crippen molar-refractivity contribution in [1.29, 1.82) is 0 Å². The van der Waals surface area contributed by atoms with Crippen LogP contribution in [-0.4, -0.2) is 33.5 Å².